The van der Waals surface area contributed by atoms with Crippen LogP contribution in [0.25, 0.3) is 0 Å². The Morgan fingerprint density at radius 2 is 1.75 bits per heavy atom. The highest BCUT2D eigenvalue weighted by molar-refractivity contribution is 7.80. The summed E-state index contributed by atoms with van der Waals surface area (Å²) in [7, 11) is 0. The van der Waals surface area contributed by atoms with Gasteiger partial charge in [0.1, 0.15) is 12.4 Å². The average molecular weight is 392 g/mol. The highest BCUT2D eigenvalue weighted by Gasteiger charge is 2.07. The SMILES string of the molecule is CC(NC(=S)NCCc1ccccc1)c1ccc(OCc2cccnc2)cc1. The van der Waals surface area contributed by atoms with Crippen molar-refractivity contribution in [2.24, 2.45) is 0 Å². The normalized spacial score (nSPS) is 11.5. The number of rotatable bonds is 8. The van der Waals surface area contributed by atoms with Gasteiger partial charge in [-0.05, 0) is 54.9 Å². The van der Waals surface area contributed by atoms with Gasteiger partial charge in [0.15, 0.2) is 5.11 Å². The first-order valence-electron chi connectivity index (χ1n) is 9.40. The van der Waals surface area contributed by atoms with Gasteiger partial charge in [0.25, 0.3) is 0 Å². The molecule has 2 aromatic carbocycles. The minimum atomic E-state index is 0.115. The Bertz CT molecular complexity index is 854. The van der Waals surface area contributed by atoms with Crippen molar-refractivity contribution < 1.29 is 4.74 Å². The molecule has 0 radical (unpaired) electrons. The number of hydrogen-bond donors (Lipinski definition) is 2. The van der Waals surface area contributed by atoms with E-state index in [2.05, 4.69) is 58.9 Å². The number of thiocarbonyl (C=S) groups is 1. The van der Waals surface area contributed by atoms with E-state index < -0.39 is 0 Å². The van der Waals surface area contributed by atoms with Crippen LogP contribution >= 0.6 is 12.2 Å². The summed E-state index contributed by atoms with van der Waals surface area (Å²) in [6, 6.07) is 22.5. The van der Waals surface area contributed by atoms with Gasteiger partial charge in [-0.25, -0.2) is 0 Å². The summed E-state index contributed by atoms with van der Waals surface area (Å²) in [6.45, 7) is 3.41. The zero-order valence-electron chi connectivity index (χ0n) is 16.0. The highest BCUT2D eigenvalue weighted by atomic mass is 32.1. The quantitative estimate of drug-likeness (QED) is 0.556. The second-order valence-corrected chi connectivity index (χ2v) is 6.98. The van der Waals surface area contributed by atoms with Gasteiger partial charge < -0.3 is 15.4 Å². The molecule has 0 amide bonds. The molecule has 0 aliphatic rings. The van der Waals surface area contributed by atoms with E-state index in [1.165, 1.54) is 5.56 Å². The van der Waals surface area contributed by atoms with Crippen molar-refractivity contribution in [3.8, 4) is 5.75 Å². The van der Waals surface area contributed by atoms with Gasteiger partial charge in [-0.1, -0.05) is 48.5 Å². The van der Waals surface area contributed by atoms with E-state index in [9.17, 15) is 0 Å². The minimum absolute atomic E-state index is 0.115. The molecule has 3 rings (SSSR count). The number of ether oxygens (including phenoxy) is 1. The van der Waals surface area contributed by atoms with Gasteiger partial charge >= 0.3 is 0 Å². The fourth-order valence-electron chi connectivity index (χ4n) is 2.80. The largest absolute Gasteiger partial charge is 0.489 e. The lowest BCUT2D eigenvalue weighted by molar-refractivity contribution is 0.305. The van der Waals surface area contributed by atoms with Crippen LogP contribution in [0.15, 0.2) is 79.1 Å². The maximum Gasteiger partial charge on any atom is 0.166 e. The molecule has 0 saturated carbocycles. The molecule has 144 valence electrons. The Hall–Kier alpha value is -2.92. The lowest BCUT2D eigenvalue weighted by atomic mass is 10.1. The van der Waals surface area contributed by atoms with Gasteiger partial charge in [0, 0.05) is 24.5 Å². The maximum atomic E-state index is 5.80. The third kappa shape index (κ3) is 6.35. The first-order valence-corrected chi connectivity index (χ1v) is 9.81. The number of benzene rings is 2. The van der Waals surface area contributed by atoms with Crippen LogP contribution in [0.4, 0.5) is 0 Å². The molecule has 4 nitrogen and oxygen atoms in total. The third-order valence-electron chi connectivity index (χ3n) is 4.40. The lowest BCUT2D eigenvalue weighted by Gasteiger charge is -2.18. The molecule has 1 atom stereocenters. The molecule has 5 heteroatoms. The van der Waals surface area contributed by atoms with Gasteiger partial charge in [-0.15, -0.1) is 0 Å². The van der Waals surface area contributed by atoms with Crippen LogP contribution in [0.2, 0.25) is 0 Å². The number of pyridine rings is 1. The summed E-state index contributed by atoms with van der Waals surface area (Å²) >= 11 is 5.41. The fraction of sp³-hybridized carbons (Fsp3) is 0.217. The van der Waals surface area contributed by atoms with Crippen LogP contribution in [0.1, 0.15) is 29.7 Å². The molecule has 0 saturated heterocycles. The summed E-state index contributed by atoms with van der Waals surface area (Å²) in [4.78, 5) is 4.09. The monoisotopic (exact) mass is 391 g/mol. The molecule has 0 bridgehead atoms. The summed E-state index contributed by atoms with van der Waals surface area (Å²) in [5.74, 6) is 0.836. The van der Waals surface area contributed by atoms with Gasteiger partial charge in [0.2, 0.25) is 0 Å². The summed E-state index contributed by atoms with van der Waals surface area (Å²) in [5, 5.41) is 7.27. The second kappa shape index (κ2) is 10.4. The van der Waals surface area contributed by atoms with E-state index in [0.29, 0.717) is 11.7 Å². The maximum absolute atomic E-state index is 5.80. The molecule has 3 aromatic rings. The Labute approximate surface area is 172 Å². The van der Waals surface area contributed by atoms with E-state index in [4.69, 9.17) is 17.0 Å². The van der Waals surface area contributed by atoms with E-state index in [1.54, 1.807) is 6.20 Å². The molecular weight excluding hydrogens is 366 g/mol. The second-order valence-electron chi connectivity index (χ2n) is 6.58. The Balaban J connectivity index is 1.42. The standard InChI is InChI=1S/C23H25N3OS/c1-18(26-23(28)25-15-13-19-6-3-2-4-7-19)21-9-11-22(12-10-21)27-17-20-8-5-14-24-16-20/h2-12,14,16,18H,13,15,17H2,1H3,(H2,25,26,28). The minimum Gasteiger partial charge on any atom is -0.489 e. The predicted octanol–water partition coefficient (Wildman–Crippen LogP) is 4.43. The molecule has 1 aromatic heterocycles. The summed E-state index contributed by atoms with van der Waals surface area (Å²) < 4.78 is 5.80. The smallest absolute Gasteiger partial charge is 0.166 e. The number of nitrogens with one attached hydrogen (secondary N) is 2. The highest BCUT2D eigenvalue weighted by Crippen LogP contribution is 2.18. The van der Waals surface area contributed by atoms with Crippen molar-refractivity contribution in [2.75, 3.05) is 6.54 Å². The zero-order valence-corrected chi connectivity index (χ0v) is 16.8. The molecule has 0 fully saturated rings. The van der Waals surface area contributed by atoms with Crippen LogP contribution in [-0.2, 0) is 13.0 Å². The van der Waals surface area contributed by atoms with Crippen molar-refractivity contribution >= 4 is 17.3 Å². The molecule has 28 heavy (non-hydrogen) atoms. The summed E-state index contributed by atoms with van der Waals surface area (Å²) in [5.41, 5.74) is 3.50. The lowest BCUT2D eigenvalue weighted by Crippen LogP contribution is -2.37. The molecule has 0 aliphatic heterocycles. The van der Waals surface area contributed by atoms with Gasteiger partial charge in [-0.3, -0.25) is 4.98 Å². The van der Waals surface area contributed by atoms with Crippen LogP contribution in [0.3, 0.4) is 0 Å². The van der Waals surface area contributed by atoms with Crippen molar-refractivity contribution in [1.82, 2.24) is 15.6 Å². The van der Waals surface area contributed by atoms with Crippen molar-refractivity contribution in [2.45, 2.75) is 26.0 Å². The van der Waals surface area contributed by atoms with Crippen LogP contribution in [-0.4, -0.2) is 16.6 Å². The van der Waals surface area contributed by atoms with Crippen LogP contribution in [0, 0.1) is 0 Å². The first kappa shape index (κ1) is 19.8. The Morgan fingerprint density at radius 3 is 2.46 bits per heavy atom. The fourth-order valence-corrected chi connectivity index (χ4v) is 3.08. The predicted molar refractivity (Wildman–Crippen MR) is 117 cm³/mol. The van der Waals surface area contributed by atoms with Gasteiger partial charge in [-0.2, -0.15) is 0 Å². The number of hydrogen-bond acceptors (Lipinski definition) is 3. The molecule has 0 spiro atoms. The van der Waals surface area contributed by atoms with E-state index in [-0.39, 0.29) is 6.04 Å². The average Bonchev–Trinajstić information content (AvgIpc) is 2.74. The molecule has 1 unspecified atom stereocenters. The topological polar surface area (TPSA) is 46.2 Å². The van der Waals surface area contributed by atoms with Crippen LogP contribution in [0.5, 0.6) is 5.75 Å². The van der Waals surface area contributed by atoms with E-state index >= 15 is 0 Å². The van der Waals surface area contributed by atoms with E-state index in [0.717, 1.165) is 29.8 Å². The van der Waals surface area contributed by atoms with Crippen molar-refractivity contribution in [3.63, 3.8) is 0 Å². The van der Waals surface area contributed by atoms with Gasteiger partial charge in [0.05, 0.1) is 6.04 Å². The molecule has 0 aliphatic carbocycles. The molecule has 1 heterocycles. The first-order chi connectivity index (χ1) is 13.7. The molecule has 2 N–H and O–H groups in total. The van der Waals surface area contributed by atoms with Crippen molar-refractivity contribution in [1.29, 1.82) is 0 Å². The Kier molecular flexibility index (Phi) is 7.38. The van der Waals surface area contributed by atoms with E-state index in [1.807, 2.05) is 36.5 Å². The van der Waals surface area contributed by atoms with Crippen molar-refractivity contribution in [3.05, 3.63) is 95.8 Å². The third-order valence-corrected chi connectivity index (χ3v) is 4.66. The Morgan fingerprint density at radius 1 is 1.00 bits per heavy atom. The van der Waals surface area contributed by atoms with Crippen LogP contribution < -0.4 is 15.4 Å². The number of nitrogens with zero attached hydrogens (tertiary/aromatic N) is 1. The summed E-state index contributed by atoms with van der Waals surface area (Å²) in [6.07, 6.45) is 4.51. The molecular formula is C23H25N3OS. The number of aromatic nitrogens is 1. The zero-order chi connectivity index (χ0) is 19.6.